The number of carbonyl (C=O) groups excluding carboxylic acids is 1. The van der Waals surface area contributed by atoms with Gasteiger partial charge in [-0.15, -0.1) is 0 Å². The predicted molar refractivity (Wildman–Crippen MR) is 114 cm³/mol. The molecule has 0 bridgehead atoms. The van der Waals surface area contributed by atoms with Gasteiger partial charge in [-0.1, -0.05) is 24.3 Å². The van der Waals surface area contributed by atoms with Gasteiger partial charge in [0, 0.05) is 19.8 Å². The molecule has 0 amide bonds. The predicted octanol–water partition coefficient (Wildman–Crippen LogP) is 2.80. The monoisotopic (exact) mass is 405 g/mol. The molecule has 0 unspecified atom stereocenters. The number of nitrogens with zero attached hydrogens (tertiary/aromatic N) is 1. The molecule has 8 nitrogen and oxygen atoms in total. The molecule has 152 valence electrons. The Hall–Kier alpha value is -4.07. The molecule has 0 aromatic heterocycles. The molecule has 0 saturated heterocycles. The number of fused-ring (bicyclic) bond motifs is 1. The van der Waals surface area contributed by atoms with E-state index in [0.29, 0.717) is 22.5 Å². The van der Waals surface area contributed by atoms with Crippen LogP contribution in [0.15, 0.2) is 62.5 Å². The first-order valence-electron chi connectivity index (χ1n) is 9.16. The van der Waals surface area contributed by atoms with Crippen LogP contribution in [0.4, 0.5) is 17.1 Å². The molecule has 0 saturated carbocycles. The van der Waals surface area contributed by atoms with Crippen molar-refractivity contribution in [1.29, 1.82) is 0 Å². The van der Waals surface area contributed by atoms with Crippen molar-refractivity contribution in [2.24, 2.45) is 0 Å². The minimum atomic E-state index is -0.884. The van der Waals surface area contributed by atoms with Crippen molar-refractivity contribution in [3.8, 4) is 0 Å². The number of nitrogens with one attached hydrogen (secondary N) is 2. The fourth-order valence-corrected chi connectivity index (χ4v) is 3.31. The topological polar surface area (TPSA) is 105 Å². The first-order chi connectivity index (χ1) is 14.4. The van der Waals surface area contributed by atoms with Crippen LogP contribution in [0.5, 0.6) is 0 Å². The molecule has 2 aliphatic rings. The van der Waals surface area contributed by atoms with E-state index in [-0.39, 0.29) is 22.0 Å². The fraction of sp³-hybridized carbons (Fsp3) is 0.136. The highest BCUT2D eigenvalue weighted by atomic mass is 16.5. The van der Waals surface area contributed by atoms with E-state index in [0.717, 1.165) is 0 Å². The van der Waals surface area contributed by atoms with E-state index in [1.54, 1.807) is 30.3 Å². The molecule has 1 heterocycles. The maximum absolute atomic E-state index is 12.9. The Morgan fingerprint density at radius 1 is 1.03 bits per heavy atom. The number of benzene rings is 2. The van der Waals surface area contributed by atoms with Gasteiger partial charge in [0.25, 0.3) is 10.9 Å². The van der Waals surface area contributed by atoms with Crippen molar-refractivity contribution < 1.29 is 13.9 Å². The van der Waals surface area contributed by atoms with E-state index in [2.05, 4.69) is 10.3 Å². The van der Waals surface area contributed by atoms with E-state index in [1.165, 1.54) is 7.11 Å². The molecule has 2 N–H and O–H groups in total. The van der Waals surface area contributed by atoms with E-state index >= 15 is 0 Å². The van der Waals surface area contributed by atoms with Gasteiger partial charge >= 0.3 is 5.97 Å². The van der Waals surface area contributed by atoms with Crippen LogP contribution in [0.1, 0.15) is 10.4 Å². The summed E-state index contributed by atoms with van der Waals surface area (Å²) in [6.07, 6.45) is 0. The van der Waals surface area contributed by atoms with E-state index in [4.69, 9.17) is 9.15 Å². The third kappa shape index (κ3) is 3.08. The molecular weight excluding hydrogens is 386 g/mol. The molecule has 0 radical (unpaired) electrons. The largest absolute Gasteiger partial charge is 0.465 e. The van der Waals surface area contributed by atoms with Crippen molar-refractivity contribution in [2.75, 3.05) is 31.4 Å². The normalized spacial score (nSPS) is 10.9. The molecule has 4 rings (SSSR count). The lowest BCUT2D eigenvalue weighted by molar-refractivity contribution is 0.0600. The van der Waals surface area contributed by atoms with Crippen LogP contribution in [0.3, 0.4) is 0 Å². The van der Waals surface area contributed by atoms with Crippen LogP contribution in [0.2, 0.25) is 0 Å². The fourth-order valence-electron chi connectivity index (χ4n) is 3.31. The van der Waals surface area contributed by atoms with Crippen molar-refractivity contribution in [3.05, 3.63) is 85.3 Å². The average Bonchev–Trinajstić information content (AvgIpc) is 2.76. The number of para-hydroxylation sites is 2. The SMILES string of the molecule is COC(=O)c1c(Nc2ccccc2)c(=O)c(=O)c2oc3c(N(C)C)cccc3[nH]c1=2. The standard InChI is InChI=1S/C22H19N3O5/c1-25(2)14-11-7-10-13-20(14)30-21-17(24-13)15(22(28)29-3)16(18(26)19(21)27)23-12-8-5-4-6-9-12/h4-11,23-24H,1-3H3. The lowest BCUT2D eigenvalue weighted by atomic mass is 10.1. The molecular formula is C22H19N3O5. The quantitative estimate of drug-likeness (QED) is 0.397. The number of esters is 1. The summed E-state index contributed by atoms with van der Waals surface area (Å²) in [6.45, 7) is 0. The van der Waals surface area contributed by atoms with Gasteiger partial charge in [-0.25, -0.2) is 4.79 Å². The van der Waals surface area contributed by atoms with Gasteiger partial charge in [-0.05, 0) is 24.3 Å². The van der Waals surface area contributed by atoms with Gasteiger partial charge in [0.05, 0.1) is 18.3 Å². The zero-order valence-electron chi connectivity index (χ0n) is 16.6. The molecule has 0 atom stereocenters. The zero-order valence-corrected chi connectivity index (χ0v) is 16.6. The summed E-state index contributed by atoms with van der Waals surface area (Å²) in [5, 5.41) is 2.97. The van der Waals surface area contributed by atoms with Gasteiger partial charge in [-0.2, -0.15) is 0 Å². The molecule has 2 aromatic rings. The van der Waals surface area contributed by atoms with Crippen LogP contribution >= 0.6 is 0 Å². The van der Waals surface area contributed by atoms with Crippen molar-refractivity contribution in [1.82, 2.24) is 4.98 Å². The smallest absolute Gasteiger partial charge is 0.342 e. The third-order valence-electron chi connectivity index (χ3n) is 4.74. The third-order valence-corrected chi connectivity index (χ3v) is 4.74. The number of hydrogen-bond acceptors (Lipinski definition) is 7. The zero-order chi connectivity index (χ0) is 21.4. The summed E-state index contributed by atoms with van der Waals surface area (Å²) in [4.78, 5) is 43.4. The summed E-state index contributed by atoms with van der Waals surface area (Å²) >= 11 is 0. The van der Waals surface area contributed by atoms with Crippen LogP contribution in [-0.4, -0.2) is 32.2 Å². The van der Waals surface area contributed by atoms with E-state index in [9.17, 15) is 14.4 Å². The minimum absolute atomic E-state index is 0.0910. The molecule has 2 aromatic carbocycles. The van der Waals surface area contributed by atoms with Gasteiger partial charge in [0.15, 0.2) is 5.58 Å². The minimum Gasteiger partial charge on any atom is -0.465 e. The molecule has 8 heteroatoms. The van der Waals surface area contributed by atoms with Crippen LogP contribution < -0.4 is 21.1 Å². The summed E-state index contributed by atoms with van der Waals surface area (Å²) in [7, 11) is 4.87. The number of aromatic amines is 1. The number of aromatic nitrogens is 1. The number of hydrogen-bond donors (Lipinski definition) is 2. The van der Waals surface area contributed by atoms with Gasteiger partial charge < -0.3 is 24.4 Å². The first-order valence-corrected chi connectivity index (χ1v) is 9.16. The van der Waals surface area contributed by atoms with Crippen LogP contribution in [0.25, 0.3) is 11.1 Å². The Balaban J connectivity index is 2.16. The highest BCUT2D eigenvalue weighted by Gasteiger charge is 2.24. The molecule has 0 fully saturated rings. The number of carbonyl (C=O) groups is 1. The lowest BCUT2D eigenvalue weighted by Gasteiger charge is -2.15. The van der Waals surface area contributed by atoms with Crippen molar-refractivity contribution in [2.45, 2.75) is 0 Å². The second kappa shape index (κ2) is 7.40. The number of methoxy groups -OCH3 is 1. The summed E-state index contributed by atoms with van der Waals surface area (Å²) in [6, 6.07) is 14.2. The number of H-pyrrole nitrogens is 1. The van der Waals surface area contributed by atoms with Gasteiger partial charge in [0.2, 0.25) is 5.42 Å². The summed E-state index contributed by atoms with van der Waals surface area (Å²) in [5.74, 6) is -0.773. The maximum atomic E-state index is 12.9. The van der Waals surface area contributed by atoms with Gasteiger partial charge in [-0.3, -0.25) is 9.59 Å². The second-order valence-corrected chi connectivity index (χ2v) is 6.87. The molecule has 30 heavy (non-hydrogen) atoms. The Morgan fingerprint density at radius 3 is 2.43 bits per heavy atom. The van der Waals surface area contributed by atoms with Crippen LogP contribution in [0, 0.1) is 10.8 Å². The van der Waals surface area contributed by atoms with Gasteiger partial charge in [0.1, 0.15) is 16.6 Å². The van der Waals surface area contributed by atoms with Crippen LogP contribution in [-0.2, 0) is 4.74 Å². The molecule has 1 aliphatic heterocycles. The highest BCUT2D eigenvalue weighted by Crippen LogP contribution is 2.26. The Morgan fingerprint density at radius 2 is 1.77 bits per heavy atom. The van der Waals surface area contributed by atoms with E-state index < -0.39 is 16.8 Å². The number of anilines is 3. The second-order valence-electron chi connectivity index (χ2n) is 6.87. The van der Waals surface area contributed by atoms with Crippen molar-refractivity contribution >= 4 is 34.1 Å². The Kier molecular flexibility index (Phi) is 4.75. The molecule has 0 spiro atoms. The lowest BCUT2D eigenvalue weighted by Crippen LogP contribution is -2.31. The molecule has 1 aliphatic carbocycles. The number of rotatable bonds is 4. The highest BCUT2D eigenvalue weighted by molar-refractivity contribution is 5.97. The number of ether oxygens (including phenoxy) is 1. The Bertz CT molecular complexity index is 1440. The summed E-state index contributed by atoms with van der Waals surface area (Å²) in [5.41, 5.74) is -0.0282. The Labute approximate surface area is 170 Å². The maximum Gasteiger partial charge on any atom is 0.342 e. The average molecular weight is 405 g/mol. The van der Waals surface area contributed by atoms with E-state index in [1.807, 2.05) is 37.2 Å². The summed E-state index contributed by atoms with van der Waals surface area (Å²) < 4.78 is 10.8. The van der Waals surface area contributed by atoms with Crippen molar-refractivity contribution in [3.63, 3.8) is 0 Å². The first kappa shape index (κ1) is 19.3.